The van der Waals surface area contributed by atoms with Crippen LogP contribution in [0, 0.1) is 27.7 Å². The van der Waals surface area contributed by atoms with Crippen LogP contribution >= 0.6 is 0 Å². The summed E-state index contributed by atoms with van der Waals surface area (Å²) in [6.45, 7) is 22.3. The van der Waals surface area contributed by atoms with E-state index in [2.05, 4.69) is 177 Å². The van der Waals surface area contributed by atoms with Crippen molar-refractivity contribution in [3.63, 3.8) is 0 Å². The first kappa shape index (κ1) is 32.3. The minimum Gasteiger partial charge on any atom is -0.354 e. The van der Waals surface area contributed by atoms with Gasteiger partial charge in [0.15, 0.2) is 0 Å². The Hall–Kier alpha value is -4.69. The summed E-state index contributed by atoms with van der Waals surface area (Å²) in [7, 11) is 0. The summed E-state index contributed by atoms with van der Waals surface area (Å²) >= 11 is 0. The van der Waals surface area contributed by atoms with Crippen molar-refractivity contribution in [3.8, 4) is 22.4 Å². The first-order valence-electron chi connectivity index (χ1n) is 16.8. The van der Waals surface area contributed by atoms with Crippen molar-refractivity contribution in [2.75, 3.05) is 0 Å². The number of H-pyrrole nitrogens is 1. The van der Waals surface area contributed by atoms with Gasteiger partial charge in [-0.2, -0.15) is 0 Å². The third kappa shape index (κ3) is 6.74. The van der Waals surface area contributed by atoms with Gasteiger partial charge in [0.05, 0.1) is 11.4 Å². The standard InChI is InChI=1S/C45H48N2/c1-28-11-21-36(30(3)23-28)38-25-40(32-13-17-34(18-14-32)44(5,6)7)46-42(38)27-43-39(37-22-12-29(2)24-31(37)4)26-41(47-43)33-15-19-35(20-16-33)45(8,9)10/h11-27,46H,1-10H3/b43-27-. The Morgan fingerprint density at radius 1 is 0.553 bits per heavy atom. The predicted octanol–water partition coefficient (Wildman–Crippen LogP) is 12.1. The first-order valence-corrected chi connectivity index (χ1v) is 16.8. The molecule has 1 N–H and O–H groups in total. The van der Waals surface area contributed by atoms with Crippen LogP contribution < -0.4 is 0 Å². The van der Waals surface area contributed by atoms with Gasteiger partial charge in [0.1, 0.15) is 0 Å². The summed E-state index contributed by atoms with van der Waals surface area (Å²) in [5, 5.41) is 0. The molecule has 4 aromatic carbocycles. The molecule has 1 aliphatic rings. The van der Waals surface area contributed by atoms with Crippen molar-refractivity contribution >= 4 is 17.4 Å². The quantitative estimate of drug-likeness (QED) is 0.203. The van der Waals surface area contributed by atoms with E-state index in [0.717, 1.165) is 33.9 Å². The van der Waals surface area contributed by atoms with E-state index in [1.807, 2.05) is 0 Å². The average molecular weight is 617 g/mol. The van der Waals surface area contributed by atoms with E-state index in [4.69, 9.17) is 4.99 Å². The van der Waals surface area contributed by atoms with E-state index in [1.165, 1.54) is 55.6 Å². The van der Waals surface area contributed by atoms with E-state index >= 15 is 0 Å². The Labute approximate surface area is 282 Å². The van der Waals surface area contributed by atoms with Gasteiger partial charge in [0.25, 0.3) is 0 Å². The summed E-state index contributed by atoms with van der Waals surface area (Å²) in [5.41, 5.74) is 19.1. The molecule has 0 atom stereocenters. The number of hydrogen-bond donors (Lipinski definition) is 1. The third-order valence-corrected chi connectivity index (χ3v) is 9.38. The highest BCUT2D eigenvalue weighted by Gasteiger charge is 2.22. The van der Waals surface area contributed by atoms with E-state index in [9.17, 15) is 0 Å². The van der Waals surface area contributed by atoms with Crippen molar-refractivity contribution in [2.45, 2.75) is 80.1 Å². The summed E-state index contributed by atoms with van der Waals surface area (Å²) < 4.78 is 0. The number of rotatable bonds is 5. The van der Waals surface area contributed by atoms with Gasteiger partial charge >= 0.3 is 0 Å². The number of aromatic nitrogens is 1. The third-order valence-electron chi connectivity index (χ3n) is 9.38. The smallest absolute Gasteiger partial charge is 0.0737 e. The Balaban J connectivity index is 1.52. The molecule has 0 unspecified atom stereocenters. The van der Waals surface area contributed by atoms with Crippen LogP contribution in [-0.4, -0.2) is 10.7 Å². The molecule has 0 fully saturated rings. The van der Waals surface area contributed by atoms with Gasteiger partial charge < -0.3 is 4.98 Å². The second kappa shape index (κ2) is 12.2. The fourth-order valence-electron chi connectivity index (χ4n) is 6.53. The van der Waals surface area contributed by atoms with Crippen LogP contribution in [0.2, 0.25) is 0 Å². The van der Waals surface area contributed by atoms with Crippen molar-refractivity contribution < 1.29 is 0 Å². The number of allylic oxidation sites excluding steroid dienone is 2. The minimum atomic E-state index is 0.101. The van der Waals surface area contributed by atoms with Gasteiger partial charge in [0, 0.05) is 28.1 Å². The number of benzene rings is 4. The highest BCUT2D eigenvalue weighted by Crippen LogP contribution is 2.39. The van der Waals surface area contributed by atoms with Crippen LogP contribution in [0.1, 0.15) is 91.7 Å². The topological polar surface area (TPSA) is 28.1 Å². The lowest BCUT2D eigenvalue weighted by Gasteiger charge is -2.19. The van der Waals surface area contributed by atoms with Gasteiger partial charge in [-0.3, -0.25) is 0 Å². The molecule has 5 aromatic rings. The highest BCUT2D eigenvalue weighted by molar-refractivity contribution is 6.19. The molecule has 1 aromatic heterocycles. The summed E-state index contributed by atoms with van der Waals surface area (Å²) in [6.07, 6.45) is 4.52. The van der Waals surface area contributed by atoms with Gasteiger partial charge in [-0.1, -0.05) is 138 Å². The molecule has 238 valence electrons. The lowest BCUT2D eigenvalue weighted by Crippen LogP contribution is -2.11. The molecule has 2 heteroatoms. The van der Waals surface area contributed by atoms with E-state index in [0.29, 0.717) is 0 Å². The predicted molar refractivity (Wildman–Crippen MR) is 203 cm³/mol. The minimum absolute atomic E-state index is 0.101. The van der Waals surface area contributed by atoms with Crippen molar-refractivity contribution in [3.05, 3.63) is 153 Å². The van der Waals surface area contributed by atoms with Gasteiger partial charge in [-0.25, -0.2) is 4.99 Å². The molecule has 0 saturated heterocycles. The largest absolute Gasteiger partial charge is 0.354 e. The maximum atomic E-state index is 5.32. The van der Waals surface area contributed by atoms with Crippen LogP contribution in [0.25, 0.3) is 34.0 Å². The molecule has 0 spiro atoms. The monoisotopic (exact) mass is 616 g/mol. The Morgan fingerprint density at radius 2 is 1.06 bits per heavy atom. The molecule has 2 nitrogen and oxygen atoms in total. The zero-order chi connectivity index (χ0) is 33.7. The van der Waals surface area contributed by atoms with Gasteiger partial charge in [0.2, 0.25) is 0 Å². The van der Waals surface area contributed by atoms with Crippen LogP contribution in [0.15, 0.2) is 108 Å². The van der Waals surface area contributed by atoms with Gasteiger partial charge in [-0.15, -0.1) is 0 Å². The van der Waals surface area contributed by atoms with Gasteiger partial charge in [-0.05, 0) is 95.7 Å². The number of nitrogens with one attached hydrogen (secondary N) is 1. The van der Waals surface area contributed by atoms with Crippen LogP contribution in [0.3, 0.4) is 0 Å². The Bertz CT molecular complexity index is 2040. The highest BCUT2D eigenvalue weighted by atomic mass is 14.8. The molecule has 0 amide bonds. The fraction of sp³-hybridized carbons (Fsp3) is 0.267. The second-order valence-corrected chi connectivity index (χ2v) is 15.4. The van der Waals surface area contributed by atoms with Crippen LogP contribution in [-0.2, 0) is 10.8 Å². The maximum Gasteiger partial charge on any atom is 0.0737 e. The molecule has 1 aliphatic heterocycles. The maximum absolute atomic E-state index is 5.32. The van der Waals surface area contributed by atoms with E-state index < -0.39 is 0 Å². The number of nitrogens with zero attached hydrogens (tertiary/aromatic N) is 1. The van der Waals surface area contributed by atoms with Crippen LogP contribution in [0.5, 0.6) is 0 Å². The lowest BCUT2D eigenvalue weighted by atomic mass is 9.86. The van der Waals surface area contributed by atoms with E-state index in [1.54, 1.807) is 0 Å². The average Bonchev–Trinajstić information content (AvgIpc) is 3.61. The molecule has 0 aliphatic carbocycles. The lowest BCUT2D eigenvalue weighted by molar-refractivity contribution is 0.590. The molecule has 0 saturated carbocycles. The molecular formula is C45H48N2. The molecule has 47 heavy (non-hydrogen) atoms. The first-order chi connectivity index (χ1) is 22.2. The zero-order valence-electron chi connectivity index (χ0n) is 29.8. The van der Waals surface area contributed by atoms with E-state index in [-0.39, 0.29) is 10.8 Å². The molecular weight excluding hydrogens is 569 g/mol. The number of aromatic amines is 1. The molecule has 2 heterocycles. The number of aryl methyl sites for hydroxylation is 4. The molecule has 0 bridgehead atoms. The van der Waals surface area contributed by atoms with Crippen molar-refractivity contribution in [1.29, 1.82) is 0 Å². The number of hydrogen-bond acceptors (Lipinski definition) is 1. The Morgan fingerprint density at radius 3 is 1.57 bits per heavy atom. The molecule has 6 rings (SSSR count). The van der Waals surface area contributed by atoms with Crippen molar-refractivity contribution in [2.24, 2.45) is 4.99 Å². The SMILES string of the molecule is Cc1ccc(C2=CC(c3ccc(C(C)(C)C)cc3)=N/C2=C\c2[nH]c(-c3ccc(C(C)(C)C)cc3)cc2-c2ccc(C)cc2C)c(C)c1. The zero-order valence-corrected chi connectivity index (χ0v) is 29.8. The second-order valence-electron chi connectivity index (χ2n) is 15.4. The fourth-order valence-corrected chi connectivity index (χ4v) is 6.53. The number of aliphatic imine (C=N–C) groups is 1. The van der Waals surface area contributed by atoms with Crippen LogP contribution in [0.4, 0.5) is 0 Å². The summed E-state index contributed by atoms with van der Waals surface area (Å²) in [4.78, 5) is 9.15. The van der Waals surface area contributed by atoms with Crippen molar-refractivity contribution in [1.82, 2.24) is 4.98 Å². The molecule has 0 radical (unpaired) electrons. The summed E-state index contributed by atoms with van der Waals surface area (Å²) in [5.74, 6) is 0. The Kier molecular flexibility index (Phi) is 8.34. The normalized spacial score (nSPS) is 14.5. The summed E-state index contributed by atoms with van der Waals surface area (Å²) in [6, 6.07) is 33.6.